The second-order valence-electron chi connectivity index (χ2n) is 13.0. The maximum atomic E-state index is 6.73. The summed E-state index contributed by atoms with van der Waals surface area (Å²) in [6.45, 7) is 28.2. The Hall–Kier alpha value is 1.41. The van der Waals surface area contributed by atoms with Crippen LogP contribution in [0.25, 0.3) is 0 Å². The third-order valence-corrected chi connectivity index (χ3v) is 18.0. The van der Waals surface area contributed by atoms with E-state index in [4.69, 9.17) is 20.4 Å². The molecule has 0 rings (SSSR count). The third-order valence-electron chi connectivity index (χ3n) is 5.90. The van der Waals surface area contributed by atoms with Gasteiger partial charge in [-0.15, -0.1) is 0 Å². The minimum atomic E-state index is -1.61. The Bertz CT molecular complexity index is 492. The van der Waals surface area contributed by atoms with Crippen molar-refractivity contribution in [3.05, 3.63) is 24.3 Å². The van der Waals surface area contributed by atoms with Gasteiger partial charge >= 0.3 is 211 Å². The summed E-state index contributed by atoms with van der Waals surface area (Å²) in [6, 6.07) is 0. The van der Waals surface area contributed by atoms with Gasteiger partial charge in [-0.05, 0) is 0 Å². The van der Waals surface area contributed by atoms with Gasteiger partial charge in [-0.25, -0.2) is 0 Å². The molecule has 190 valence electrons. The van der Waals surface area contributed by atoms with E-state index >= 15 is 0 Å². The fourth-order valence-corrected chi connectivity index (χ4v) is 13.4. The monoisotopic (exact) mass is 554 g/mol. The first-order chi connectivity index (χ1) is 13.7. The van der Waals surface area contributed by atoms with Crippen LogP contribution in [0, 0.1) is 33.5 Å². The topological polar surface area (TPSA) is 0 Å². The first-order valence-corrected chi connectivity index (χ1v) is 19.3. The molecule has 0 radical (unpaired) electrons. The SMILES string of the molecule is CC(C)(C)C(CC=CC[PH][Ni]([Cl])([Cl])[PH]CC=CCC(C(C)(C)C)C(C)(C)C)C(C)(C)C. The van der Waals surface area contributed by atoms with E-state index < -0.39 is 9.74 Å². The number of rotatable bonds is 10. The minimum absolute atomic E-state index is 0.312. The van der Waals surface area contributed by atoms with Crippen molar-refractivity contribution in [3.8, 4) is 0 Å². The van der Waals surface area contributed by atoms with Gasteiger partial charge in [0, 0.05) is 0 Å². The third kappa shape index (κ3) is 14.4. The van der Waals surface area contributed by atoms with E-state index in [-0.39, 0.29) is 0 Å². The summed E-state index contributed by atoms with van der Waals surface area (Å²) >= 11 is 0. The molecule has 2 unspecified atom stereocenters. The fourth-order valence-electron chi connectivity index (χ4n) is 4.92. The summed E-state index contributed by atoms with van der Waals surface area (Å²) < 4.78 is 0. The van der Waals surface area contributed by atoms with Gasteiger partial charge in [0.1, 0.15) is 0 Å². The summed E-state index contributed by atoms with van der Waals surface area (Å²) in [6.07, 6.45) is 13.6. The van der Waals surface area contributed by atoms with Crippen molar-refractivity contribution < 1.29 is 9.74 Å². The molecular weight excluding hydrogens is 504 g/mol. The quantitative estimate of drug-likeness (QED) is 0.143. The summed E-state index contributed by atoms with van der Waals surface area (Å²) in [7, 11) is 13.1. The van der Waals surface area contributed by atoms with Crippen molar-refractivity contribution in [2.45, 2.75) is 95.9 Å². The van der Waals surface area contributed by atoms with Crippen molar-refractivity contribution in [2.24, 2.45) is 33.5 Å². The Morgan fingerprint density at radius 1 is 0.548 bits per heavy atom. The molecule has 0 nitrogen and oxygen atoms in total. The number of halogens is 2. The Labute approximate surface area is 210 Å². The van der Waals surface area contributed by atoms with Crippen molar-refractivity contribution >= 4 is 35.1 Å². The first kappa shape index (κ1) is 32.4. The first-order valence-electron chi connectivity index (χ1n) is 11.5. The predicted molar refractivity (Wildman–Crippen MR) is 150 cm³/mol. The van der Waals surface area contributed by atoms with E-state index in [2.05, 4.69) is 107 Å². The summed E-state index contributed by atoms with van der Waals surface area (Å²) in [4.78, 5) is 0. The van der Waals surface area contributed by atoms with E-state index in [1.54, 1.807) is 0 Å². The van der Waals surface area contributed by atoms with Crippen LogP contribution in [0.1, 0.15) is 95.9 Å². The van der Waals surface area contributed by atoms with Crippen molar-refractivity contribution in [1.29, 1.82) is 0 Å². The van der Waals surface area contributed by atoms with Crippen molar-refractivity contribution in [2.75, 3.05) is 12.3 Å². The fraction of sp³-hybridized carbons (Fsp3) is 0.846. The van der Waals surface area contributed by atoms with Crippen LogP contribution in [-0.2, 0) is 9.74 Å². The van der Waals surface area contributed by atoms with Crippen LogP contribution in [0.4, 0.5) is 0 Å². The van der Waals surface area contributed by atoms with Gasteiger partial charge < -0.3 is 0 Å². The Morgan fingerprint density at radius 3 is 1.03 bits per heavy atom. The zero-order chi connectivity index (χ0) is 24.7. The van der Waals surface area contributed by atoms with Crippen molar-refractivity contribution in [3.63, 3.8) is 0 Å². The van der Waals surface area contributed by atoms with Crippen molar-refractivity contribution in [1.82, 2.24) is 0 Å². The zero-order valence-corrected chi connectivity index (χ0v) is 26.9. The summed E-state index contributed by atoms with van der Waals surface area (Å²) in [5, 5.41) is 0. The molecule has 0 aromatic rings. The van der Waals surface area contributed by atoms with E-state index in [9.17, 15) is 0 Å². The normalized spacial score (nSPS) is 16.5. The summed E-state index contributed by atoms with van der Waals surface area (Å²) in [5.74, 6) is 1.31. The van der Waals surface area contributed by atoms with Crippen LogP contribution in [0.5, 0.6) is 0 Å². The molecule has 0 aromatic carbocycles. The molecule has 0 aliphatic rings. The second-order valence-corrected chi connectivity index (χ2v) is 29.5. The molecule has 0 saturated carbocycles. The number of allylic oxidation sites excluding steroid dienone is 4. The van der Waals surface area contributed by atoms with E-state index in [1.165, 1.54) is 0 Å². The van der Waals surface area contributed by atoms with Gasteiger partial charge in [0.05, 0.1) is 0 Å². The van der Waals surface area contributed by atoms with Gasteiger partial charge in [0.15, 0.2) is 0 Å². The molecule has 0 aromatic heterocycles. The van der Waals surface area contributed by atoms with Gasteiger partial charge in [-0.1, -0.05) is 0 Å². The zero-order valence-electron chi connectivity index (χ0n) is 22.4. The Kier molecular flexibility index (Phi) is 13.5. The van der Waals surface area contributed by atoms with Gasteiger partial charge in [-0.2, -0.15) is 0 Å². The molecule has 0 saturated heterocycles. The molecule has 0 aliphatic heterocycles. The molecule has 0 heterocycles. The maximum absolute atomic E-state index is 6.73. The molecular formula is C26H52Cl2NiP2. The molecule has 0 aliphatic carbocycles. The molecule has 0 N–H and O–H groups in total. The van der Waals surface area contributed by atoms with Gasteiger partial charge in [0.25, 0.3) is 0 Å². The second kappa shape index (κ2) is 12.9. The van der Waals surface area contributed by atoms with Crippen LogP contribution in [0.15, 0.2) is 24.3 Å². The van der Waals surface area contributed by atoms with Crippen LogP contribution >= 0.6 is 35.1 Å². The molecule has 0 spiro atoms. The van der Waals surface area contributed by atoms with Crippen LogP contribution in [0.2, 0.25) is 0 Å². The van der Waals surface area contributed by atoms with E-state index in [1.807, 2.05) is 0 Å². The molecule has 0 bridgehead atoms. The Morgan fingerprint density at radius 2 is 0.806 bits per heavy atom. The number of hydrogen-bond donors (Lipinski definition) is 0. The van der Waals surface area contributed by atoms with E-state index in [0.717, 1.165) is 25.2 Å². The predicted octanol–water partition coefficient (Wildman–Crippen LogP) is 10.9. The molecule has 5 heteroatoms. The van der Waals surface area contributed by atoms with Gasteiger partial charge in [-0.3, -0.25) is 0 Å². The summed E-state index contributed by atoms with van der Waals surface area (Å²) in [5.41, 5.74) is 1.25. The molecule has 0 amide bonds. The van der Waals surface area contributed by atoms with Crippen LogP contribution < -0.4 is 0 Å². The van der Waals surface area contributed by atoms with E-state index in [0.29, 0.717) is 48.2 Å². The standard InChI is InChI=1S/2C13H26P.2ClH.Ni/c2*1-12(2,3)11(13(4,5)6)9-7-8-10-14;;;/h2*7-8,11,14H,9-10H2,1-6H3;2*1H;/q2*-1;;;+4/p-2. The van der Waals surface area contributed by atoms with Crippen LogP contribution in [-0.4, -0.2) is 12.3 Å². The molecule has 31 heavy (non-hydrogen) atoms. The van der Waals surface area contributed by atoms with Gasteiger partial charge in [0.2, 0.25) is 0 Å². The number of hydrogen-bond acceptors (Lipinski definition) is 0. The molecule has 0 fully saturated rings. The average molecular weight is 556 g/mol. The molecule has 2 atom stereocenters. The average Bonchev–Trinajstić information content (AvgIpc) is 2.48. The Balaban J connectivity index is 4.52. The van der Waals surface area contributed by atoms with Crippen LogP contribution in [0.3, 0.4) is 0 Å².